The molecule has 0 spiro atoms. The first-order valence-corrected chi connectivity index (χ1v) is 7.98. The van der Waals surface area contributed by atoms with Gasteiger partial charge in [0.2, 0.25) is 0 Å². The molecule has 0 aromatic heterocycles. The Balaban J connectivity index is 1.89. The Labute approximate surface area is 141 Å². The molecule has 5 nitrogen and oxygen atoms in total. The lowest BCUT2D eigenvalue weighted by atomic mass is 10.00. The van der Waals surface area contributed by atoms with Crippen molar-refractivity contribution in [2.75, 3.05) is 23.4 Å². The second-order valence-electron chi connectivity index (χ2n) is 5.68. The number of nitrogens with one attached hydrogen (secondary N) is 1. The van der Waals surface area contributed by atoms with E-state index in [-0.39, 0.29) is 0 Å². The molecule has 1 aliphatic heterocycles. The molecule has 0 unspecified atom stereocenters. The number of urea groups is 1. The lowest BCUT2D eigenvalue weighted by Gasteiger charge is -2.32. The van der Waals surface area contributed by atoms with Gasteiger partial charge in [-0.3, -0.25) is 0 Å². The molecular weight excluding hydrogens is 302 g/mol. The summed E-state index contributed by atoms with van der Waals surface area (Å²) in [7, 11) is 0. The molecule has 0 saturated heterocycles. The molecule has 2 amide bonds. The Bertz CT molecular complexity index is 758. The number of benzene rings is 2. The molecule has 124 valence electrons. The lowest BCUT2D eigenvalue weighted by molar-refractivity contribution is 0.259. The van der Waals surface area contributed by atoms with Crippen LogP contribution >= 0.6 is 0 Å². The maximum Gasteiger partial charge on any atom is 0.316 e. The van der Waals surface area contributed by atoms with Crippen molar-refractivity contribution in [1.82, 2.24) is 0 Å². The Kier molecular flexibility index (Phi) is 4.70. The van der Waals surface area contributed by atoms with Crippen LogP contribution in [0.25, 0.3) is 0 Å². The molecule has 2 aromatic rings. The molecule has 24 heavy (non-hydrogen) atoms. The second-order valence-corrected chi connectivity index (χ2v) is 5.68. The zero-order chi connectivity index (χ0) is 16.9. The van der Waals surface area contributed by atoms with Crippen molar-refractivity contribution < 1.29 is 9.53 Å². The van der Waals surface area contributed by atoms with Gasteiger partial charge in [0.15, 0.2) is 0 Å². The number of hydrogen-bond acceptors (Lipinski definition) is 3. The number of rotatable bonds is 5. The number of carbonyl (C=O) groups is 1. The highest BCUT2D eigenvalue weighted by atomic mass is 16.5. The van der Waals surface area contributed by atoms with Crippen molar-refractivity contribution >= 4 is 23.1 Å². The van der Waals surface area contributed by atoms with Crippen LogP contribution in [0.15, 0.2) is 55.1 Å². The van der Waals surface area contributed by atoms with Gasteiger partial charge in [0.25, 0.3) is 0 Å². The lowest BCUT2D eigenvalue weighted by Crippen LogP contribution is -2.25. The van der Waals surface area contributed by atoms with E-state index in [4.69, 9.17) is 10.5 Å². The number of hydrogen-bond donors (Lipinski definition) is 2. The van der Waals surface area contributed by atoms with Gasteiger partial charge in [0.1, 0.15) is 12.4 Å². The maximum absolute atomic E-state index is 11.0. The van der Waals surface area contributed by atoms with Gasteiger partial charge in [-0.25, -0.2) is 4.79 Å². The van der Waals surface area contributed by atoms with E-state index in [0.717, 1.165) is 42.2 Å². The number of primary amides is 1. The number of anilines is 3. The number of ether oxygens (including phenoxy) is 1. The van der Waals surface area contributed by atoms with E-state index >= 15 is 0 Å². The van der Waals surface area contributed by atoms with Gasteiger partial charge in [0, 0.05) is 29.7 Å². The highest BCUT2D eigenvalue weighted by molar-refractivity contribution is 5.88. The Morgan fingerprint density at radius 2 is 2.21 bits per heavy atom. The standard InChI is InChI=1S/C19H21N3O2/c1-2-11-24-17-7-3-6-16(13-17)22-10-4-5-14-12-15(21-19(20)23)8-9-18(14)22/h2-3,6-9,12-13H,1,4-5,10-11H2,(H3,20,21,23). The van der Waals surface area contributed by atoms with Crippen molar-refractivity contribution in [3.8, 4) is 5.75 Å². The van der Waals surface area contributed by atoms with Crippen LogP contribution in [-0.4, -0.2) is 19.2 Å². The Morgan fingerprint density at radius 1 is 1.33 bits per heavy atom. The van der Waals surface area contributed by atoms with Crippen molar-refractivity contribution in [2.45, 2.75) is 12.8 Å². The van der Waals surface area contributed by atoms with E-state index in [0.29, 0.717) is 6.61 Å². The van der Waals surface area contributed by atoms with E-state index in [1.54, 1.807) is 6.08 Å². The van der Waals surface area contributed by atoms with Crippen LogP contribution < -0.4 is 20.7 Å². The van der Waals surface area contributed by atoms with Crippen LogP contribution in [0.1, 0.15) is 12.0 Å². The van der Waals surface area contributed by atoms with Crippen LogP contribution in [-0.2, 0) is 6.42 Å². The fourth-order valence-electron chi connectivity index (χ4n) is 2.98. The molecule has 3 N–H and O–H groups in total. The summed E-state index contributed by atoms with van der Waals surface area (Å²) in [6.07, 6.45) is 3.76. The van der Waals surface area contributed by atoms with Crippen LogP contribution in [0.2, 0.25) is 0 Å². The third-order valence-electron chi connectivity index (χ3n) is 3.96. The number of fused-ring (bicyclic) bond motifs is 1. The summed E-state index contributed by atoms with van der Waals surface area (Å²) in [5, 5.41) is 2.63. The van der Waals surface area contributed by atoms with E-state index in [9.17, 15) is 4.79 Å². The molecule has 0 saturated carbocycles. The molecular formula is C19H21N3O2. The van der Waals surface area contributed by atoms with Gasteiger partial charge in [-0.1, -0.05) is 18.7 Å². The zero-order valence-electron chi connectivity index (χ0n) is 13.5. The van der Waals surface area contributed by atoms with Gasteiger partial charge in [-0.05, 0) is 48.7 Å². The number of nitrogens with zero attached hydrogens (tertiary/aromatic N) is 1. The highest BCUT2D eigenvalue weighted by Gasteiger charge is 2.19. The summed E-state index contributed by atoms with van der Waals surface area (Å²) >= 11 is 0. The number of amides is 2. The monoisotopic (exact) mass is 323 g/mol. The first-order valence-electron chi connectivity index (χ1n) is 7.98. The molecule has 0 atom stereocenters. The van der Waals surface area contributed by atoms with Crippen LogP contribution in [0, 0.1) is 0 Å². The summed E-state index contributed by atoms with van der Waals surface area (Å²) in [5.74, 6) is 0.825. The first kappa shape index (κ1) is 15.9. The molecule has 0 radical (unpaired) electrons. The smallest absolute Gasteiger partial charge is 0.316 e. The van der Waals surface area contributed by atoms with Gasteiger partial charge < -0.3 is 20.7 Å². The third-order valence-corrected chi connectivity index (χ3v) is 3.96. The van der Waals surface area contributed by atoms with E-state index in [1.165, 1.54) is 5.56 Å². The zero-order valence-corrected chi connectivity index (χ0v) is 13.5. The summed E-state index contributed by atoms with van der Waals surface area (Å²) in [6.45, 7) is 5.11. The maximum atomic E-state index is 11.0. The highest BCUT2D eigenvalue weighted by Crippen LogP contribution is 2.36. The SMILES string of the molecule is C=CCOc1cccc(N2CCCc3cc(NC(N)=O)ccc32)c1. The molecule has 0 fully saturated rings. The Morgan fingerprint density at radius 3 is 3.00 bits per heavy atom. The fraction of sp³-hybridized carbons (Fsp3) is 0.211. The Hall–Kier alpha value is -2.95. The molecule has 2 aromatic carbocycles. The molecule has 1 aliphatic rings. The number of nitrogens with two attached hydrogens (primary N) is 1. The predicted molar refractivity (Wildman–Crippen MR) is 97.1 cm³/mol. The van der Waals surface area contributed by atoms with Crippen LogP contribution in [0.4, 0.5) is 21.9 Å². The van der Waals surface area contributed by atoms with Crippen molar-refractivity contribution in [3.05, 3.63) is 60.7 Å². The normalized spacial score (nSPS) is 13.1. The molecule has 3 rings (SSSR count). The van der Waals surface area contributed by atoms with Crippen LogP contribution in [0.5, 0.6) is 5.75 Å². The van der Waals surface area contributed by atoms with Crippen molar-refractivity contribution in [1.29, 1.82) is 0 Å². The minimum atomic E-state index is -0.547. The minimum Gasteiger partial charge on any atom is -0.489 e. The topological polar surface area (TPSA) is 67.6 Å². The quantitative estimate of drug-likeness (QED) is 0.822. The molecule has 5 heteroatoms. The average molecular weight is 323 g/mol. The molecule has 1 heterocycles. The van der Waals surface area contributed by atoms with E-state index in [2.05, 4.69) is 22.9 Å². The summed E-state index contributed by atoms with van der Waals surface area (Å²) in [6, 6.07) is 13.4. The molecule has 0 aliphatic carbocycles. The molecule has 0 bridgehead atoms. The summed E-state index contributed by atoms with van der Waals surface area (Å²) in [5.41, 5.74) is 9.36. The largest absolute Gasteiger partial charge is 0.489 e. The van der Waals surface area contributed by atoms with Crippen LogP contribution in [0.3, 0.4) is 0 Å². The third kappa shape index (κ3) is 3.51. The van der Waals surface area contributed by atoms with Gasteiger partial charge in [0.05, 0.1) is 0 Å². The number of aryl methyl sites for hydroxylation is 1. The fourth-order valence-corrected chi connectivity index (χ4v) is 2.98. The van der Waals surface area contributed by atoms with Crippen molar-refractivity contribution in [2.24, 2.45) is 5.73 Å². The number of carbonyl (C=O) groups excluding carboxylic acids is 1. The summed E-state index contributed by atoms with van der Waals surface area (Å²) < 4.78 is 5.63. The van der Waals surface area contributed by atoms with E-state index in [1.807, 2.05) is 36.4 Å². The van der Waals surface area contributed by atoms with Crippen molar-refractivity contribution in [3.63, 3.8) is 0 Å². The second kappa shape index (κ2) is 7.08. The van der Waals surface area contributed by atoms with Gasteiger partial charge in [-0.15, -0.1) is 0 Å². The minimum absolute atomic E-state index is 0.488. The van der Waals surface area contributed by atoms with E-state index < -0.39 is 6.03 Å². The van der Waals surface area contributed by atoms with Gasteiger partial charge >= 0.3 is 6.03 Å². The predicted octanol–water partition coefficient (Wildman–Crippen LogP) is 3.83. The average Bonchev–Trinajstić information content (AvgIpc) is 2.59. The summed E-state index contributed by atoms with van der Waals surface area (Å²) in [4.78, 5) is 13.3. The van der Waals surface area contributed by atoms with Gasteiger partial charge in [-0.2, -0.15) is 0 Å². The first-order chi connectivity index (χ1) is 11.7.